The zero-order chi connectivity index (χ0) is 5.70. The van der Waals surface area contributed by atoms with Crippen LogP contribution in [0.15, 0.2) is 11.8 Å². The maximum atomic E-state index is 8.91. The molecular formula is C5H12OSi. The third kappa shape index (κ3) is 3.75. The molecule has 0 saturated heterocycles. The second kappa shape index (κ2) is 4.09. The molecule has 1 atom stereocenters. The van der Waals surface area contributed by atoms with Gasteiger partial charge in [0, 0.05) is 0 Å². The zero-order valence-electron chi connectivity index (χ0n) is 4.89. The third-order valence-corrected chi connectivity index (χ3v) is 2.50. The molecule has 42 valence electrons. The Hall–Kier alpha value is -0.0831. The van der Waals surface area contributed by atoms with Crippen LogP contribution in [-0.4, -0.2) is 13.8 Å². The summed E-state index contributed by atoms with van der Waals surface area (Å²) >= 11 is 0. The van der Waals surface area contributed by atoms with E-state index in [4.69, 9.17) is 4.80 Å². The molecule has 0 saturated carbocycles. The quantitative estimate of drug-likeness (QED) is 0.530. The van der Waals surface area contributed by atoms with Crippen LogP contribution in [0.2, 0.25) is 6.04 Å². The maximum absolute atomic E-state index is 8.91. The molecule has 1 nitrogen and oxygen atoms in total. The number of allylic oxidation sites excluding steroid dienone is 1. The summed E-state index contributed by atoms with van der Waals surface area (Å²) in [5, 5.41) is 0. The van der Waals surface area contributed by atoms with Crippen molar-refractivity contribution in [2.24, 2.45) is 0 Å². The van der Waals surface area contributed by atoms with E-state index in [-0.39, 0.29) is 0 Å². The largest absolute Gasteiger partial charge is 0.431 e. The van der Waals surface area contributed by atoms with Crippen molar-refractivity contribution in [2.45, 2.75) is 19.9 Å². The second-order valence-electron chi connectivity index (χ2n) is 1.50. The van der Waals surface area contributed by atoms with Crippen LogP contribution in [0.3, 0.4) is 0 Å². The van der Waals surface area contributed by atoms with Gasteiger partial charge in [-0.1, -0.05) is 18.7 Å². The van der Waals surface area contributed by atoms with Crippen molar-refractivity contribution in [3.8, 4) is 0 Å². The van der Waals surface area contributed by atoms with Gasteiger partial charge in [-0.2, -0.15) is 0 Å². The van der Waals surface area contributed by atoms with E-state index in [0.29, 0.717) is 0 Å². The Labute approximate surface area is 46.4 Å². The topological polar surface area (TPSA) is 20.2 Å². The lowest BCUT2D eigenvalue weighted by Crippen LogP contribution is -2.04. The molecule has 0 bridgehead atoms. The minimum atomic E-state index is -1.36. The number of rotatable bonds is 2. The fourth-order valence-electron chi connectivity index (χ4n) is 0.358. The van der Waals surface area contributed by atoms with E-state index in [1.807, 2.05) is 25.6 Å². The summed E-state index contributed by atoms with van der Waals surface area (Å²) in [5.74, 6) is 0. The molecule has 0 fully saturated rings. The van der Waals surface area contributed by atoms with Gasteiger partial charge in [-0.05, 0) is 13.0 Å². The second-order valence-corrected chi connectivity index (χ2v) is 3.84. The van der Waals surface area contributed by atoms with E-state index in [2.05, 4.69) is 0 Å². The van der Waals surface area contributed by atoms with Gasteiger partial charge in [0.05, 0.1) is 0 Å². The summed E-state index contributed by atoms with van der Waals surface area (Å²) < 4.78 is 0. The summed E-state index contributed by atoms with van der Waals surface area (Å²) in [6.45, 7) is 3.95. The summed E-state index contributed by atoms with van der Waals surface area (Å²) in [6.07, 6.45) is 1.92. The van der Waals surface area contributed by atoms with Crippen molar-refractivity contribution in [1.82, 2.24) is 0 Å². The number of hydrogen-bond acceptors (Lipinski definition) is 1. The minimum absolute atomic E-state index is 0.949. The van der Waals surface area contributed by atoms with Crippen LogP contribution < -0.4 is 0 Å². The van der Waals surface area contributed by atoms with Crippen LogP contribution in [0.4, 0.5) is 0 Å². The van der Waals surface area contributed by atoms with Gasteiger partial charge in [0.2, 0.25) is 0 Å². The van der Waals surface area contributed by atoms with Gasteiger partial charge >= 0.3 is 0 Å². The van der Waals surface area contributed by atoms with Crippen molar-refractivity contribution in [3.05, 3.63) is 11.8 Å². The summed E-state index contributed by atoms with van der Waals surface area (Å²) in [5.41, 5.74) is 1.92. The van der Waals surface area contributed by atoms with Gasteiger partial charge in [0.1, 0.15) is 0 Å². The lowest BCUT2D eigenvalue weighted by atomic mass is 10.8. The number of hydrogen-bond donors (Lipinski definition) is 1. The Balaban J connectivity index is 3.16. The van der Waals surface area contributed by atoms with E-state index < -0.39 is 9.04 Å². The summed E-state index contributed by atoms with van der Waals surface area (Å²) in [4.78, 5) is 8.91. The molecule has 0 aromatic heterocycles. The van der Waals surface area contributed by atoms with Crippen LogP contribution in [0.25, 0.3) is 0 Å². The minimum Gasteiger partial charge on any atom is -0.431 e. The molecule has 0 aromatic carbocycles. The molecule has 0 rings (SSSR count). The van der Waals surface area contributed by atoms with Gasteiger partial charge in [-0.25, -0.2) is 0 Å². The van der Waals surface area contributed by atoms with E-state index in [9.17, 15) is 0 Å². The Morgan fingerprint density at radius 1 is 1.71 bits per heavy atom. The smallest absolute Gasteiger partial charge is 0.196 e. The molecule has 1 N–H and O–H groups in total. The van der Waals surface area contributed by atoms with Crippen molar-refractivity contribution in [2.75, 3.05) is 0 Å². The highest BCUT2D eigenvalue weighted by Gasteiger charge is 1.92. The molecule has 7 heavy (non-hydrogen) atoms. The van der Waals surface area contributed by atoms with Crippen molar-refractivity contribution in [1.29, 1.82) is 0 Å². The van der Waals surface area contributed by atoms with Crippen LogP contribution in [0.1, 0.15) is 13.8 Å². The van der Waals surface area contributed by atoms with Crippen molar-refractivity contribution in [3.63, 3.8) is 0 Å². The summed E-state index contributed by atoms with van der Waals surface area (Å²) in [7, 11) is -1.36. The molecule has 0 radical (unpaired) electrons. The first kappa shape index (κ1) is 6.92. The van der Waals surface area contributed by atoms with E-state index in [1.54, 1.807) is 0 Å². The van der Waals surface area contributed by atoms with E-state index in [0.717, 1.165) is 6.04 Å². The SMILES string of the molecule is CC=C[SiH](O)CC. The summed E-state index contributed by atoms with van der Waals surface area (Å²) in [6, 6.07) is 0.949. The first-order valence-corrected chi connectivity index (χ1v) is 4.62. The van der Waals surface area contributed by atoms with Gasteiger partial charge in [-0.15, -0.1) is 0 Å². The molecule has 0 amide bonds. The molecule has 0 heterocycles. The highest BCUT2D eigenvalue weighted by molar-refractivity contribution is 6.56. The standard InChI is InChI=1S/C5H12OSi/c1-3-5-7(6)4-2/h3,5-7H,4H2,1-2H3. The van der Waals surface area contributed by atoms with Gasteiger partial charge < -0.3 is 4.80 Å². The molecule has 0 aromatic rings. The van der Waals surface area contributed by atoms with Crippen LogP contribution in [-0.2, 0) is 0 Å². The lowest BCUT2D eigenvalue weighted by molar-refractivity contribution is 0.584. The van der Waals surface area contributed by atoms with Gasteiger partial charge in [0.25, 0.3) is 0 Å². The third-order valence-electron chi connectivity index (χ3n) is 0.833. The Bertz CT molecular complexity index is 61.1. The van der Waals surface area contributed by atoms with Crippen LogP contribution >= 0.6 is 0 Å². The van der Waals surface area contributed by atoms with Crippen molar-refractivity contribution >= 4 is 9.04 Å². The predicted molar refractivity (Wildman–Crippen MR) is 34.7 cm³/mol. The fourth-order valence-corrected chi connectivity index (χ4v) is 1.07. The molecule has 1 unspecified atom stereocenters. The normalized spacial score (nSPS) is 15.3. The average Bonchev–Trinajstić information content (AvgIpc) is 1.68. The monoisotopic (exact) mass is 116 g/mol. The van der Waals surface area contributed by atoms with Gasteiger partial charge in [-0.3, -0.25) is 0 Å². The van der Waals surface area contributed by atoms with E-state index in [1.165, 1.54) is 0 Å². The maximum Gasteiger partial charge on any atom is 0.196 e. The first-order chi connectivity index (χ1) is 3.31. The molecule has 0 aliphatic heterocycles. The molecular weight excluding hydrogens is 104 g/mol. The molecule has 0 aliphatic carbocycles. The Morgan fingerprint density at radius 2 is 2.29 bits per heavy atom. The van der Waals surface area contributed by atoms with Crippen molar-refractivity contribution < 1.29 is 4.80 Å². The highest BCUT2D eigenvalue weighted by Crippen LogP contribution is 1.85. The fraction of sp³-hybridized carbons (Fsp3) is 0.600. The highest BCUT2D eigenvalue weighted by atomic mass is 28.3. The van der Waals surface area contributed by atoms with Gasteiger partial charge in [0.15, 0.2) is 9.04 Å². The predicted octanol–water partition coefficient (Wildman–Crippen LogP) is 0.838. The lowest BCUT2D eigenvalue weighted by Gasteiger charge is -1.91. The average molecular weight is 116 g/mol. The van der Waals surface area contributed by atoms with Crippen LogP contribution in [0, 0.1) is 0 Å². The molecule has 0 aliphatic rings. The Morgan fingerprint density at radius 3 is 2.43 bits per heavy atom. The molecule has 2 heteroatoms. The molecule has 0 spiro atoms. The zero-order valence-corrected chi connectivity index (χ0v) is 6.04. The van der Waals surface area contributed by atoms with E-state index >= 15 is 0 Å². The van der Waals surface area contributed by atoms with Crippen LogP contribution in [0.5, 0.6) is 0 Å². The Kier molecular flexibility index (Phi) is 4.04. The first-order valence-electron chi connectivity index (χ1n) is 2.62.